The molecule has 0 bridgehead atoms. The molecule has 0 aromatic carbocycles. The Labute approximate surface area is 190 Å². The van der Waals surface area contributed by atoms with Crippen LogP contribution in [0.15, 0.2) is 24.4 Å². The van der Waals surface area contributed by atoms with Crippen molar-refractivity contribution in [2.45, 2.75) is 51.8 Å². The molecule has 6 nitrogen and oxygen atoms in total. The Balaban J connectivity index is 1.50. The van der Waals surface area contributed by atoms with Gasteiger partial charge in [0, 0.05) is 37.0 Å². The summed E-state index contributed by atoms with van der Waals surface area (Å²) in [5.41, 5.74) is 5.46. The van der Waals surface area contributed by atoms with Gasteiger partial charge in [0.1, 0.15) is 17.4 Å². The van der Waals surface area contributed by atoms with Crippen LogP contribution in [0.25, 0.3) is 11.0 Å². The molecule has 5 rings (SSSR count). The van der Waals surface area contributed by atoms with Crippen molar-refractivity contribution in [3.63, 3.8) is 0 Å². The second kappa shape index (κ2) is 8.20. The molecular formula is C24H26F3N5O. The van der Waals surface area contributed by atoms with Gasteiger partial charge in [-0.25, -0.2) is 15.0 Å². The van der Waals surface area contributed by atoms with E-state index in [1.807, 2.05) is 39.0 Å². The number of aryl methyl sites for hydroxylation is 3. The van der Waals surface area contributed by atoms with Crippen molar-refractivity contribution in [1.29, 1.82) is 0 Å². The molecule has 1 aliphatic carbocycles. The fourth-order valence-electron chi connectivity index (χ4n) is 4.62. The van der Waals surface area contributed by atoms with E-state index in [0.717, 1.165) is 22.6 Å². The molecule has 3 aromatic heterocycles. The Hall–Kier alpha value is -2.81. The van der Waals surface area contributed by atoms with Gasteiger partial charge in [-0.2, -0.15) is 13.2 Å². The molecule has 0 amide bonds. The second-order valence-corrected chi connectivity index (χ2v) is 9.07. The van der Waals surface area contributed by atoms with Gasteiger partial charge in [-0.15, -0.1) is 0 Å². The van der Waals surface area contributed by atoms with Gasteiger partial charge in [-0.05, 0) is 51.3 Å². The number of ether oxygens (including phenoxy) is 1. The van der Waals surface area contributed by atoms with Crippen LogP contribution in [-0.4, -0.2) is 45.8 Å². The number of morpholine rings is 1. The van der Waals surface area contributed by atoms with E-state index >= 15 is 0 Å². The Bertz CT molecular complexity index is 1190. The molecule has 1 atom stereocenters. The first kappa shape index (κ1) is 22.0. The van der Waals surface area contributed by atoms with Gasteiger partial charge in [-0.1, -0.05) is 0 Å². The van der Waals surface area contributed by atoms with Crippen LogP contribution in [-0.2, 0) is 4.74 Å². The van der Waals surface area contributed by atoms with E-state index in [-0.39, 0.29) is 24.9 Å². The van der Waals surface area contributed by atoms with Gasteiger partial charge in [-0.3, -0.25) is 4.98 Å². The molecule has 2 fully saturated rings. The first-order valence-corrected chi connectivity index (χ1v) is 11.2. The largest absolute Gasteiger partial charge is 0.391 e. The number of aromatic nitrogens is 4. The fourth-order valence-corrected chi connectivity index (χ4v) is 4.62. The minimum Gasteiger partial charge on any atom is -0.370 e. The molecule has 0 N–H and O–H groups in total. The lowest BCUT2D eigenvalue weighted by molar-refractivity contribution is -0.197. The highest BCUT2D eigenvalue weighted by Gasteiger charge is 2.49. The molecule has 9 heteroatoms. The maximum atomic E-state index is 13.1. The highest BCUT2D eigenvalue weighted by molar-refractivity contribution is 5.80. The van der Waals surface area contributed by atoms with Gasteiger partial charge in [0.15, 0.2) is 0 Å². The summed E-state index contributed by atoms with van der Waals surface area (Å²) in [5.74, 6) is -0.829. The van der Waals surface area contributed by atoms with Crippen LogP contribution in [0.5, 0.6) is 0 Å². The summed E-state index contributed by atoms with van der Waals surface area (Å²) in [6.07, 6.45) is -2.43. The number of hydrogen-bond acceptors (Lipinski definition) is 6. The number of nitrogens with zero attached hydrogens (tertiary/aromatic N) is 5. The summed E-state index contributed by atoms with van der Waals surface area (Å²) < 4.78 is 45.4. The van der Waals surface area contributed by atoms with E-state index < -0.39 is 12.1 Å². The maximum absolute atomic E-state index is 13.1. The van der Waals surface area contributed by atoms with Crippen LogP contribution < -0.4 is 4.90 Å². The second-order valence-electron chi connectivity index (χ2n) is 9.07. The third-order valence-electron chi connectivity index (χ3n) is 6.75. The standard InChI is InChI=1S/C24H26F3N5O/c1-13-8-16(4-5-28-13)20-12-32(6-7-33-20)21-11-19-23(30-15(3)14(2)29-19)22(31-21)17-9-18(10-17)24(25,26)27/h4-5,8,11,17-18,20H,6-7,9-10,12H2,1-3H3/t17?,18?,20-/m0/s1. The number of alkyl halides is 3. The average molecular weight is 458 g/mol. The lowest BCUT2D eigenvalue weighted by Gasteiger charge is -2.38. The molecule has 3 aromatic rings. The lowest BCUT2D eigenvalue weighted by atomic mass is 9.72. The summed E-state index contributed by atoms with van der Waals surface area (Å²) in [5, 5.41) is 0. The zero-order valence-electron chi connectivity index (χ0n) is 18.9. The highest BCUT2D eigenvalue weighted by atomic mass is 19.4. The van der Waals surface area contributed by atoms with Crippen molar-refractivity contribution in [1.82, 2.24) is 19.9 Å². The number of halogens is 3. The molecule has 4 heterocycles. The van der Waals surface area contributed by atoms with Crippen molar-refractivity contribution >= 4 is 16.9 Å². The van der Waals surface area contributed by atoms with Crippen LogP contribution in [0.4, 0.5) is 19.0 Å². The van der Waals surface area contributed by atoms with Gasteiger partial charge in [0.25, 0.3) is 0 Å². The fraction of sp³-hybridized carbons (Fsp3) is 0.500. The number of rotatable bonds is 3. The van der Waals surface area contributed by atoms with E-state index in [1.54, 1.807) is 6.20 Å². The van der Waals surface area contributed by atoms with Crippen LogP contribution in [0.1, 0.15) is 53.2 Å². The van der Waals surface area contributed by atoms with Gasteiger partial charge in [0.05, 0.1) is 35.1 Å². The van der Waals surface area contributed by atoms with Crippen LogP contribution in [0.2, 0.25) is 0 Å². The van der Waals surface area contributed by atoms with Gasteiger partial charge in [0.2, 0.25) is 0 Å². The summed E-state index contributed by atoms with van der Waals surface area (Å²) in [4.78, 5) is 20.6. The first-order valence-electron chi connectivity index (χ1n) is 11.2. The van der Waals surface area contributed by atoms with E-state index in [4.69, 9.17) is 14.7 Å². The molecule has 33 heavy (non-hydrogen) atoms. The number of fused-ring (bicyclic) bond motifs is 1. The predicted molar refractivity (Wildman–Crippen MR) is 118 cm³/mol. The SMILES string of the molecule is Cc1cc([C@@H]2CN(c3cc4nc(C)c(C)nc4c(C4CC(C(F)(F)F)C4)n3)CCO2)ccn1. The Morgan fingerprint density at radius 1 is 1.03 bits per heavy atom. The molecule has 0 radical (unpaired) electrons. The van der Waals surface area contributed by atoms with E-state index in [0.29, 0.717) is 42.2 Å². The maximum Gasteiger partial charge on any atom is 0.391 e. The van der Waals surface area contributed by atoms with E-state index in [1.165, 1.54) is 0 Å². The number of pyridine rings is 2. The Morgan fingerprint density at radius 2 is 1.79 bits per heavy atom. The smallest absolute Gasteiger partial charge is 0.370 e. The third kappa shape index (κ3) is 4.26. The number of anilines is 1. The topological polar surface area (TPSA) is 64.0 Å². The third-order valence-corrected chi connectivity index (χ3v) is 6.75. The average Bonchev–Trinajstić information content (AvgIpc) is 2.73. The molecule has 0 unspecified atom stereocenters. The van der Waals surface area contributed by atoms with Crippen molar-refractivity contribution in [2.24, 2.45) is 5.92 Å². The Morgan fingerprint density at radius 3 is 2.52 bits per heavy atom. The summed E-state index contributed by atoms with van der Waals surface area (Å²) in [7, 11) is 0. The summed E-state index contributed by atoms with van der Waals surface area (Å²) >= 11 is 0. The molecule has 0 spiro atoms. The Kier molecular flexibility index (Phi) is 5.47. The predicted octanol–water partition coefficient (Wildman–Crippen LogP) is 4.98. The minimum absolute atomic E-state index is 0.0473. The molecule has 2 aliphatic rings. The summed E-state index contributed by atoms with van der Waals surface area (Å²) in [6, 6.07) is 5.86. The van der Waals surface area contributed by atoms with Gasteiger partial charge < -0.3 is 9.64 Å². The molecular weight excluding hydrogens is 431 g/mol. The van der Waals surface area contributed by atoms with Crippen molar-refractivity contribution in [3.05, 3.63) is 52.7 Å². The van der Waals surface area contributed by atoms with Crippen LogP contribution >= 0.6 is 0 Å². The van der Waals surface area contributed by atoms with Crippen LogP contribution in [0, 0.1) is 26.7 Å². The molecule has 1 saturated carbocycles. The molecule has 1 aliphatic heterocycles. The first-order chi connectivity index (χ1) is 15.7. The van der Waals surface area contributed by atoms with Crippen molar-refractivity contribution in [3.8, 4) is 0 Å². The summed E-state index contributed by atoms with van der Waals surface area (Å²) in [6.45, 7) is 7.46. The lowest BCUT2D eigenvalue weighted by Crippen LogP contribution is -2.39. The molecule has 174 valence electrons. The van der Waals surface area contributed by atoms with Crippen molar-refractivity contribution in [2.75, 3.05) is 24.6 Å². The zero-order chi connectivity index (χ0) is 23.3. The molecule has 1 saturated heterocycles. The number of hydrogen-bond donors (Lipinski definition) is 0. The van der Waals surface area contributed by atoms with E-state index in [9.17, 15) is 13.2 Å². The van der Waals surface area contributed by atoms with Crippen LogP contribution in [0.3, 0.4) is 0 Å². The minimum atomic E-state index is -4.16. The quantitative estimate of drug-likeness (QED) is 0.553. The van der Waals surface area contributed by atoms with Crippen molar-refractivity contribution < 1.29 is 17.9 Å². The zero-order valence-corrected chi connectivity index (χ0v) is 18.9. The monoisotopic (exact) mass is 457 g/mol. The van der Waals surface area contributed by atoms with E-state index in [2.05, 4.69) is 14.9 Å². The highest BCUT2D eigenvalue weighted by Crippen LogP contribution is 2.50. The van der Waals surface area contributed by atoms with Gasteiger partial charge >= 0.3 is 6.18 Å². The normalized spacial score (nSPS) is 23.6.